The Morgan fingerprint density at radius 1 is 1.00 bits per heavy atom. The predicted octanol–water partition coefficient (Wildman–Crippen LogP) is 2.95. The third-order valence-electron chi connectivity index (χ3n) is 3.51. The molecule has 0 fully saturated rings. The van der Waals surface area contributed by atoms with E-state index in [1.807, 2.05) is 35.0 Å². The molecule has 0 saturated carbocycles. The van der Waals surface area contributed by atoms with E-state index in [9.17, 15) is 0 Å². The lowest BCUT2D eigenvalue weighted by molar-refractivity contribution is 0.400. The Hall–Kier alpha value is -2.95. The number of benzene rings is 1. The molecule has 0 amide bonds. The summed E-state index contributed by atoms with van der Waals surface area (Å²) in [4.78, 5) is 13.0. The Morgan fingerprint density at radius 3 is 2.86 bits per heavy atom. The van der Waals surface area contributed by atoms with Gasteiger partial charge in [-0.3, -0.25) is 9.38 Å². The van der Waals surface area contributed by atoms with Gasteiger partial charge in [0.15, 0.2) is 0 Å². The second-order valence-electron chi connectivity index (χ2n) is 4.65. The van der Waals surface area contributed by atoms with E-state index in [0.717, 1.165) is 22.2 Å². The number of pyridine rings is 1. The number of aromatic nitrogens is 4. The van der Waals surface area contributed by atoms with Gasteiger partial charge in [-0.15, -0.1) is 0 Å². The van der Waals surface area contributed by atoms with Gasteiger partial charge in [0.05, 0.1) is 24.5 Å². The second-order valence-corrected chi connectivity index (χ2v) is 4.65. The fourth-order valence-electron chi connectivity index (χ4n) is 2.57. The molecule has 102 valence electrons. The molecule has 0 aliphatic heterocycles. The SMILES string of the molecule is COc1nccn2c(-c3cccc4ncccc34)cnc12. The highest BCUT2D eigenvalue weighted by Crippen LogP contribution is 2.29. The zero-order valence-electron chi connectivity index (χ0n) is 11.4. The summed E-state index contributed by atoms with van der Waals surface area (Å²) in [6.07, 6.45) is 7.23. The molecule has 4 rings (SSSR count). The summed E-state index contributed by atoms with van der Waals surface area (Å²) in [5, 5.41) is 1.09. The molecule has 0 aliphatic carbocycles. The Kier molecular flexibility index (Phi) is 2.57. The van der Waals surface area contributed by atoms with Crippen LogP contribution in [0.2, 0.25) is 0 Å². The van der Waals surface area contributed by atoms with Gasteiger partial charge in [0.25, 0.3) is 5.88 Å². The smallest absolute Gasteiger partial charge is 0.258 e. The lowest BCUT2D eigenvalue weighted by atomic mass is 10.1. The highest BCUT2D eigenvalue weighted by Gasteiger charge is 2.12. The minimum Gasteiger partial charge on any atom is -0.478 e. The van der Waals surface area contributed by atoms with Crippen molar-refractivity contribution in [1.82, 2.24) is 19.4 Å². The van der Waals surface area contributed by atoms with Crippen molar-refractivity contribution in [3.05, 3.63) is 55.1 Å². The van der Waals surface area contributed by atoms with Gasteiger partial charge in [0.1, 0.15) is 0 Å². The number of ether oxygens (including phenoxy) is 1. The lowest BCUT2D eigenvalue weighted by Crippen LogP contribution is -1.95. The van der Waals surface area contributed by atoms with Crippen LogP contribution in [0.3, 0.4) is 0 Å². The van der Waals surface area contributed by atoms with E-state index in [2.05, 4.69) is 27.1 Å². The first kappa shape index (κ1) is 11.8. The van der Waals surface area contributed by atoms with Gasteiger partial charge < -0.3 is 4.74 Å². The van der Waals surface area contributed by atoms with Crippen LogP contribution in [0.4, 0.5) is 0 Å². The van der Waals surface area contributed by atoms with Gasteiger partial charge in [-0.25, -0.2) is 9.97 Å². The molecule has 1 aromatic carbocycles. The molecule has 4 aromatic rings. The van der Waals surface area contributed by atoms with Crippen LogP contribution >= 0.6 is 0 Å². The fourth-order valence-corrected chi connectivity index (χ4v) is 2.57. The van der Waals surface area contributed by atoms with Gasteiger partial charge in [0, 0.05) is 29.5 Å². The highest BCUT2D eigenvalue weighted by atomic mass is 16.5. The zero-order valence-corrected chi connectivity index (χ0v) is 11.4. The monoisotopic (exact) mass is 276 g/mol. The van der Waals surface area contributed by atoms with E-state index in [4.69, 9.17) is 4.74 Å². The molecule has 5 heteroatoms. The van der Waals surface area contributed by atoms with Crippen LogP contribution in [-0.2, 0) is 0 Å². The molecule has 21 heavy (non-hydrogen) atoms. The Morgan fingerprint density at radius 2 is 1.95 bits per heavy atom. The molecule has 3 aromatic heterocycles. The Bertz CT molecular complexity index is 940. The van der Waals surface area contributed by atoms with E-state index in [-0.39, 0.29) is 0 Å². The lowest BCUT2D eigenvalue weighted by Gasteiger charge is -2.06. The van der Waals surface area contributed by atoms with Crippen molar-refractivity contribution in [2.45, 2.75) is 0 Å². The molecule has 3 heterocycles. The van der Waals surface area contributed by atoms with Crippen LogP contribution in [0.15, 0.2) is 55.1 Å². The second kappa shape index (κ2) is 4.56. The number of fused-ring (bicyclic) bond motifs is 2. The molecular formula is C16H12N4O. The van der Waals surface area contributed by atoms with Crippen molar-refractivity contribution in [2.24, 2.45) is 0 Å². The summed E-state index contributed by atoms with van der Waals surface area (Å²) in [5.41, 5.74) is 3.74. The summed E-state index contributed by atoms with van der Waals surface area (Å²) in [7, 11) is 1.60. The Labute approximate surface area is 120 Å². The average molecular weight is 276 g/mol. The summed E-state index contributed by atoms with van der Waals surface area (Å²) in [5.74, 6) is 0.516. The van der Waals surface area contributed by atoms with Crippen LogP contribution in [0, 0.1) is 0 Å². The van der Waals surface area contributed by atoms with E-state index in [1.54, 1.807) is 19.5 Å². The van der Waals surface area contributed by atoms with Crippen LogP contribution < -0.4 is 4.74 Å². The molecule has 0 atom stereocenters. The molecule has 0 saturated heterocycles. The maximum absolute atomic E-state index is 5.26. The topological polar surface area (TPSA) is 52.3 Å². The Balaban J connectivity index is 2.06. The number of imidazole rings is 1. The number of methoxy groups -OCH3 is 1. The first-order valence-electron chi connectivity index (χ1n) is 6.58. The average Bonchev–Trinajstić information content (AvgIpc) is 2.98. The number of rotatable bonds is 2. The predicted molar refractivity (Wildman–Crippen MR) is 80.3 cm³/mol. The van der Waals surface area contributed by atoms with Crippen molar-refractivity contribution < 1.29 is 4.74 Å². The van der Waals surface area contributed by atoms with E-state index in [1.165, 1.54) is 0 Å². The first-order valence-corrected chi connectivity index (χ1v) is 6.58. The fraction of sp³-hybridized carbons (Fsp3) is 0.0625. The molecule has 0 N–H and O–H groups in total. The first-order chi connectivity index (χ1) is 10.4. The molecule has 0 aliphatic rings. The molecule has 5 nitrogen and oxygen atoms in total. The van der Waals surface area contributed by atoms with Crippen molar-refractivity contribution >= 4 is 16.6 Å². The van der Waals surface area contributed by atoms with Crippen molar-refractivity contribution in [1.29, 1.82) is 0 Å². The summed E-state index contributed by atoms with van der Waals surface area (Å²) in [6.45, 7) is 0. The summed E-state index contributed by atoms with van der Waals surface area (Å²) in [6, 6.07) is 10.1. The number of hydrogen-bond donors (Lipinski definition) is 0. The summed E-state index contributed by atoms with van der Waals surface area (Å²) >= 11 is 0. The third kappa shape index (κ3) is 1.74. The van der Waals surface area contributed by atoms with Gasteiger partial charge in [0.2, 0.25) is 5.65 Å². The van der Waals surface area contributed by atoms with Gasteiger partial charge in [-0.2, -0.15) is 0 Å². The minimum atomic E-state index is 0.516. The van der Waals surface area contributed by atoms with Gasteiger partial charge >= 0.3 is 0 Å². The van der Waals surface area contributed by atoms with Crippen LogP contribution in [0.5, 0.6) is 5.88 Å². The maximum Gasteiger partial charge on any atom is 0.258 e. The van der Waals surface area contributed by atoms with Crippen molar-refractivity contribution in [2.75, 3.05) is 7.11 Å². The molecule has 0 radical (unpaired) electrons. The quantitative estimate of drug-likeness (QED) is 0.565. The molecule has 0 unspecified atom stereocenters. The highest BCUT2D eigenvalue weighted by molar-refractivity contribution is 5.94. The number of nitrogens with zero attached hydrogens (tertiary/aromatic N) is 4. The maximum atomic E-state index is 5.26. The largest absolute Gasteiger partial charge is 0.478 e. The van der Waals surface area contributed by atoms with Crippen molar-refractivity contribution in [3.63, 3.8) is 0 Å². The standard InChI is InChI=1S/C16H12N4O/c1-21-16-15-19-10-14(20(15)9-8-18-16)12-4-2-6-13-11(12)5-3-7-17-13/h2-10H,1H3. The van der Waals surface area contributed by atoms with E-state index >= 15 is 0 Å². The zero-order chi connectivity index (χ0) is 14.2. The molecular weight excluding hydrogens is 264 g/mol. The van der Waals surface area contributed by atoms with E-state index < -0.39 is 0 Å². The van der Waals surface area contributed by atoms with Crippen molar-refractivity contribution in [3.8, 4) is 17.1 Å². The van der Waals surface area contributed by atoms with E-state index in [0.29, 0.717) is 11.5 Å². The van der Waals surface area contributed by atoms with Crippen LogP contribution in [-0.4, -0.2) is 26.5 Å². The number of hydrogen-bond acceptors (Lipinski definition) is 4. The molecule has 0 bridgehead atoms. The molecule has 0 spiro atoms. The third-order valence-corrected chi connectivity index (χ3v) is 3.51. The van der Waals surface area contributed by atoms with Gasteiger partial charge in [-0.05, 0) is 12.1 Å². The van der Waals surface area contributed by atoms with Crippen LogP contribution in [0.25, 0.3) is 27.8 Å². The van der Waals surface area contributed by atoms with Gasteiger partial charge in [-0.1, -0.05) is 18.2 Å². The normalized spacial score (nSPS) is 11.1. The summed E-state index contributed by atoms with van der Waals surface area (Å²) < 4.78 is 7.24. The van der Waals surface area contributed by atoms with Crippen LogP contribution in [0.1, 0.15) is 0 Å². The minimum absolute atomic E-state index is 0.516.